The van der Waals surface area contributed by atoms with Gasteiger partial charge in [-0.3, -0.25) is 0 Å². The Morgan fingerprint density at radius 2 is 1.80 bits per heavy atom. The molecule has 0 saturated carbocycles. The first-order chi connectivity index (χ1) is 21.2. The van der Waals surface area contributed by atoms with Crippen LogP contribution in [0.1, 0.15) is 79.2 Å². The van der Waals surface area contributed by atoms with Gasteiger partial charge in [0, 0.05) is 33.2 Å². The van der Waals surface area contributed by atoms with E-state index < -0.39 is 19.7 Å². The molecule has 2 aliphatic heterocycles. The van der Waals surface area contributed by atoms with Gasteiger partial charge in [-0.25, -0.2) is 0 Å². The van der Waals surface area contributed by atoms with Crippen LogP contribution in [-0.2, 0) is 44.2 Å². The molecule has 10 heteroatoms. The minimum atomic E-state index is -1.97. The standard InChI is InChI=1S/C35H60O9Si/c1-33(2,3)45(9,10)41-25-30(40-26-36-7)23-31-35(6,44-34(4,5)43-31)20-18-29(42-32-13-11-12-21-39-32)19-22-38-24-27-14-16-28(37-8)17-15-27/h14-18,20,29-32H,11-13,19,21-26H2,1-10H3/b20-18+/t29?,30?,31-,32?,35-/m1/s1. The first kappa shape index (κ1) is 38.1. The maximum absolute atomic E-state index is 6.55. The summed E-state index contributed by atoms with van der Waals surface area (Å²) >= 11 is 0. The largest absolute Gasteiger partial charge is 0.497 e. The Balaban J connectivity index is 1.70. The zero-order chi connectivity index (χ0) is 33.1. The number of benzene rings is 1. The minimum Gasteiger partial charge on any atom is -0.497 e. The lowest BCUT2D eigenvalue weighted by atomic mass is 9.93. The summed E-state index contributed by atoms with van der Waals surface area (Å²) in [4.78, 5) is 0. The van der Waals surface area contributed by atoms with Gasteiger partial charge in [-0.05, 0) is 75.9 Å². The van der Waals surface area contributed by atoms with Crippen molar-refractivity contribution in [1.29, 1.82) is 0 Å². The van der Waals surface area contributed by atoms with Crippen molar-refractivity contribution in [3.8, 4) is 5.75 Å². The Hall–Kier alpha value is -1.34. The zero-order valence-corrected chi connectivity index (χ0v) is 30.5. The van der Waals surface area contributed by atoms with E-state index in [2.05, 4.69) is 52.9 Å². The third-order valence-electron chi connectivity index (χ3n) is 8.95. The minimum absolute atomic E-state index is 0.0977. The van der Waals surface area contributed by atoms with Crippen LogP contribution in [0.15, 0.2) is 36.4 Å². The number of rotatable bonds is 18. The molecule has 9 nitrogen and oxygen atoms in total. The topological polar surface area (TPSA) is 83.1 Å². The van der Waals surface area contributed by atoms with Gasteiger partial charge in [0.15, 0.2) is 20.4 Å². The predicted molar refractivity (Wildman–Crippen MR) is 178 cm³/mol. The molecule has 2 aliphatic rings. The smallest absolute Gasteiger partial charge is 0.192 e. The normalized spacial score (nSPS) is 25.5. The fourth-order valence-corrected chi connectivity index (χ4v) is 6.28. The fraction of sp³-hybridized carbons (Fsp3) is 0.771. The van der Waals surface area contributed by atoms with Crippen LogP contribution in [0, 0.1) is 0 Å². The monoisotopic (exact) mass is 652 g/mol. The SMILES string of the molecule is COCOC(CO[Si](C)(C)C(C)(C)C)C[C@H]1OC(C)(C)O[C@]1(C)/C=C/C(CCOCc1ccc(OC)cc1)OC1CCCCO1. The molecular weight excluding hydrogens is 592 g/mol. The highest BCUT2D eigenvalue weighted by molar-refractivity contribution is 6.74. The van der Waals surface area contributed by atoms with Gasteiger partial charge in [0.05, 0.1) is 38.6 Å². The summed E-state index contributed by atoms with van der Waals surface area (Å²) in [5, 5.41) is 0.0977. The molecule has 0 amide bonds. The summed E-state index contributed by atoms with van der Waals surface area (Å²) in [6.45, 7) is 19.6. The molecule has 0 spiro atoms. The third kappa shape index (κ3) is 12.3. The van der Waals surface area contributed by atoms with Crippen LogP contribution in [0.4, 0.5) is 0 Å². The summed E-state index contributed by atoms with van der Waals surface area (Å²) in [6.07, 6.45) is 7.56. The molecule has 2 saturated heterocycles. The Morgan fingerprint density at radius 3 is 2.42 bits per heavy atom. The highest BCUT2D eigenvalue weighted by atomic mass is 28.4. The van der Waals surface area contributed by atoms with Crippen molar-refractivity contribution >= 4 is 8.32 Å². The first-order valence-corrected chi connectivity index (χ1v) is 19.4. The van der Waals surface area contributed by atoms with Crippen LogP contribution in [0.25, 0.3) is 0 Å². The van der Waals surface area contributed by atoms with Crippen LogP contribution in [0.5, 0.6) is 5.75 Å². The average molecular weight is 653 g/mol. The molecule has 0 radical (unpaired) electrons. The second-order valence-electron chi connectivity index (χ2n) is 14.3. The molecule has 5 atom stereocenters. The Kier molecular flexibility index (Phi) is 14.5. The summed E-state index contributed by atoms with van der Waals surface area (Å²) in [5.41, 5.74) is 0.380. The van der Waals surface area contributed by atoms with Crippen molar-refractivity contribution < 1.29 is 42.3 Å². The third-order valence-corrected chi connectivity index (χ3v) is 13.4. The van der Waals surface area contributed by atoms with Gasteiger partial charge in [0.2, 0.25) is 0 Å². The van der Waals surface area contributed by atoms with E-state index in [1.54, 1.807) is 14.2 Å². The highest BCUT2D eigenvalue weighted by Gasteiger charge is 2.50. The van der Waals surface area contributed by atoms with Crippen molar-refractivity contribution in [2.24, 2.45) is 0 Å². The second-order valence-corrected chi connectivity index (χ2v) is 19.1. The fourth-order valence-electron chi connectivity index (χ4n) is 5.24. The van der Waals surface area contributed by atoms with Gasteiger partial charge >= 0.3 is 0 Å². The summed E-state index contributed by atoms with van der Waals surface area (Å²) in [5.74, 6) is 0.0674. The molecule has 1 aromatic carbocycles. The molecule has 0 bridgehead atoms. The zero-order valence-electron chi connectivity index (χ0n) is 29.5. The number of methoxy groups -OCH3 is 2. The van der Waals surface area contributed by atoms with E-state index in [9.17, 15) is 0 Å². The summed E-state index contributed by atoms with van der Waals surface area (Å²) in [6, 6.07) is 7.92. The second kappa shape index (κ2) is 17.2. The van der Waals surface area contributed by atoms with E-state index in [0.717, 1.165) is 37.2 Å². The van der Waals surface area contributed by atoms with Crippen molar-refractivity contribution in [3.63, 3.8) is 0 Å². The van der Waals surface area contributed by atoms with Crippen LogP contribution in [0.2, 0.25) is 18.1 Å². The van der Waals surface area contributed by atoms with Crippen molar-refractivity contribution in [3.05, 3.63) is 42.0 Å². The van der Waals surface area contributed by atoms with Crippen molar-refractivity contribution in [1.82, 2.24) is 0 Å². The Morgan fingerprint density at radius 1 is 1.07 bits per heavy atom. The highest BCUT2D eigenvalue weighted by Crippen LogP contribution is 2.41. The van der Waals surface area contributed by atoms with Crippen LogP contribution in [-0.4, -0.2) is 85.1 Å². The van der Waals surface area contributed by atoms with Crippen LogP contribution < -0.4 is 4.74 Å². The van der Waals surface area contributed by atoms with E-state index in [1.165, 1.54) is 0 Å². The van der Waals surface area contributed by atoms with E-state index in [1.807, 2.05) is 38.1 Å². The van der Waals surface area contributed by atoms with Crippen molar-refractivity contribution in [2.75, 3.05) is 40.8 Å². The van der Waals surface area contributed by atoms with E-state index in [-0.39, 0.29) is 36.4 Å². The first-order valence-electron chi connectivity index (χ1n) is 16.5. The van der Waals surface area contributed by atoms with E-state index in [0.29, 0.717) is 32.7 Å². The van der Waals surface area contributed by atoms with Gasteiger partial charge in [-0.15, -0.1) is 0 Å². The lowest BCUT2D eigenvalue weighted by Crippen LogP contribution is -2.44. The van der Waals surface area contributed by atoms with Crippen LogP contribution >= 0.6 is 0 Å². The van der Waals surface area contributed by atoms with E-state index in [4.69, 9.17) is 42.3 Å². The molecule has 2 heterocycles. The van der Waals surface area contributed by atoms with Gasteiger partial charge in [0.1, 0.15) is 18.1 Å². The maximum atomic E-state index is 6.55. The van der Waals surface area contributed by atoms with E-state index >= 15 is 0 Å². The Bertz CT molecular complexity index is 1020. The molecule has 0 aromatic heterocycles. The molecule has 3 unspecified atom stereocenters. The lowest BCUT2D eigenvalue weighted by molar-refractivity contribution is -0.181. The maximum Gasteiger partial charge on any atom is 0.192 e. The number of hydrogen-bond donors (Lipinski definition) is 0. The van der Waals surface area contributed by atoms with Crippen molar-refractivity contribution in [2.45, 2.75) is 134 Å². The Labute approximate surface area is 273 Å². The molecule has 3 rings (SSSR count). The molecule has 45 heavy (non-hydrogen) atoms. The van der Waals surface area contributed by atoms with Gasteiger partial charge in [-0.1, -0.05) is 45.1 Å². The van der Waals surface area contributed by atoms with Gasteiger partial charge < -0.3 is 42.3 Å². The lowest BCUT2D eigenvalue weighted by Gasteiger charge is -2.37. The predicted octanol–water partition coefficient (Wildman–Crippen LogP) is 7.38. The summed E-state index contributed by atoms with van der Waals surface area (Å²) < 4.78 is 54.6. The van der Waals surface area contributed by atoms with Crippen LogP contribution in [0.3, 0.4) is 0 Å². The average Bonchev–Trinajstić information content (AvgIpc) is 3.22. The molecule has 1 aromatic rings. The molecular formula is C35H60O9Si. The number of hydrogen-bond acceptors (Lipinski definition) is 9. The number of ether oxygens (including phenoxy) is 8. The molecule has 0 N–H and O–H groups in total. The quantitative estimate of drug-likeness (QED) is 0.0698. The molecule has 0 aliphatic carbocycles. The molecule has 2 fully saturated rings. The molecule has 258 valence electrons. The van der Waals surface area contributed by atoms with Gasteiger partial charge in [0.25, 0.3) is 0 Å². The van der Waals surface area contributed by atoms with Gasteiger partial charge in [-0.2, -0.15) is 0 Å². The summed E-state index contributed by atoms with van der Waals surface area (Å²) in [7, 11) is 1.33.